The van der Waals surface area contributed by atoms with Gasteiger partial charge in [0.15, 0.2) is 5.13 Å². The lowest BCUT2D eigenvalue weighted by molar-refractivity contribution is -0.137. The standard InChI is InChI=1S/C17H14F4N4S/c18-12-4-1-10(2-5-12)7-13(22)14-9-26-16(24-14)25-15-6-3-11(8-23-15)17(19,20)21/h1-6,8-9,13H,7,22H2,(H,23,24,25). The molecule has 2 aromatic heterocycles. The summed E-state index contributed by atoms with van der Waals surface area (Å²) >= 11 is 1.27. The molecule has 4 nitrogen and oxygen atoms in total. The maximum Gasteiger partial charge on any atom is 0.417 e. The van der Waals surface area contributed by atoms with E-state index in [1.165, 1.54) is 29.5 Å². The highest BCUT2D eigenvalue weighted by atomic mass is 32.1. The summed E-state index contributed by atoms with van der Waals surface area (Å²) in [5.74, 6) is -0.0579. The Morgan fingerprint density at radius 1 is 1.12 bits per heavy atom. The number of nitrogens with two attached hydrogens (primary N) is 1. The lowest BCUT2D eigenvalue weighted by Crippen LogP contribution is -2.13. The first kappa shape index (κ1) is 18.3. The van der Waals surface area contributed by atoms with Gasteiger partial charge in [-0.15, -0.1) is 11.3 Å². The highest BCUT2D eigenvalue weighted by molar-refractivity contribution is 7.13. The molecule has 0 aliphatic carbocycles. The van der Waals surface area contributed by atoms with E-state index in [-0.39, 0.29) is 17.7 Å². The van der Waals surface area contributed by atoms with Crippen molar-refractivity contribution in [1.29, 1.82) is 0 Å². The van der Waals surface area contributed by atoms with Gasteiger partial charge in [0.1, 0.15) is 11.6 Å². The van der Waals surface area contributed by atoms with Crippen LogP contribution in [0.3, 0.4) is 0 Å². The molecule has 0 amide bonds. The number of anilines is 2. The average molecular weight is 382 g/mol. The van der Waals surface area contributed by atoms with E-state index >= 15 is 0 Å². The number of halogens is 4. The Balaban J connectivity index is 1.64. The van der Waals surface area contributed by atoms with E-state index in [4.69, 9.17) is 5.73 Å². The van der Waals surface area contributed by atoms with Gasteiger partial charge in [-0.3, -0.25) is 0 Å². The summed E-state index contributed by atoms with van der Waals surface area (Å²) < 4.78 is 50.5. The Hall–Kier alpha value is -2.52. The largest absolute Gasteiger partial charge is 0.417 e. The summed E-state index contributed by atoms with van der Waals surface area (Å²) in [5.41, 5.74) is 6.82. The van der Waals surface area contributed by atoms with Gasteiger partial charge in [-0.05, 0) is 36.2 Å². The molecule has 0 aliphatic heterocycles. The van der Waals surface area contributed by atoms with Crippen LogP contribution in [0.4, 0.5) is 28.5 Å². The lowest BCUT2D eigenvalue weighted by Gasteiger charge is -2.09. The molecule has 0 saturated heterocycles. The minimum absolute atomic E-state index is 0.256. The number of alkyl halides is 3. The van der Waals surface area contributed by atoms with Crippen molar-refractivity contribution in [2.75, 3.05) is 5.32 Å². The molecule has 1 atom stereocenters. The van der Waals surface area contributed by atoms with Crippen molar-refractivity contribution in [3.63, 3.8) is 0 Å². The van der Waals surface area contributed by atoms with Crippen LogP contribution in [-0.2, 0) is 12.6 Å². The van der Waals surface area contributed by atoms with E-state index < -0.39 is 11.7 Å². The molecule has 0 aliphatic rings. The molecule has 0 bridgehead atoms. The van der Waals surface area contributed by atoms with Crippen LogP contribution in [0.5, 0.6) is 0 Å². The maximum atomic E-state index is 12.9. The summed E-state index contributed by atoms with van der Waals surface area (Å²) in [6.07, 6.45) is -3.17. The molecule has 26 heavy (non-hydrogen) atoms. The smallest absolute Gasteiger partial charge is 0.322 e. The van der Waals surface area contributed by atoms with Crippen LogP contribution in [0.15, 0.2) is 48.0 Å². The lowest BCUT2D eigenvalue weighted by atomic mass is 10.0. The van der Waals surface area contributed by atoms with Crippen LogP contribution in [-0.4, -0.2) is 9.97 Å². The number of nitrogens with one attached hydrogen (secondary N) is 1. The van der Waals surface area contributed by atoms with Gasteiger partial charge >= 0.3 is 6.18 Å². The number of hydrogen-bond acceptors (Lipinski definition) is 5. The summed E-state index contributed by atoms with van der Waals surface area (Å²) in [6, 6.07) is 7.86. The number of rotatable bonds is 5. The molecule has 3 rings (SSSR count). The first-order chi connectivity index (χ1) is 12.3. The molecule has 3 aromatic rings. The molecular weight excluding hydrogens is 368 g/mol. The molecule has 0 radical (unpaired) electrons. The summed E-state index contributed by atoms with van der Waals surface area (Å²) in [5, 5.41) is 5.09. The van der Waals surface area contributed by atoms with Crippen molar-refractivity contribution in [3.8, 4) is 0 Å². The molecular formula is C17H14F4N4S. The number of nitrogens with zero attached hydrogens (tertiary/aromatic N) is 2. The molecule has 0 saturated carbocycles. The van der Waals surface area contributed by atoms with Crippen LogP contribution in [0.2, 0.25) is 0 Å². The van der Waals surface area contributed by atoms with E-state index in [0.29, 0.717) is 17.2 Å². The third-order valence-electron chi connectivity index (χ3n) is 3.60. The van der Waals surface area contributed by atoms with Gasteiger partial charge in [0.2, 0.25) is 0 Å². The minimum atomic E-state index is -4.42. The van der Waals surface area contributed by atoms with Crippen LogP contribution >= 0.6 is 11.3 Å². The zero-order valence-electron chi connectivity index (χ0n) is 13.3. The number of hydrogen-bond donors (Lipinski definition) is 2. The highest BCUT2D eigenvalue weighted by Gasteiger charge is 2.30. The average Bonchev–Trinajstić information content (AvgIpc) is 3.05. The van der Waals surface area contributed by atoms with E-state index in [1.54, 1.807) is 17.5 Å². The van der Waals surface area contributed by atoms with Gasteiger partial charge in [0.25, 0.3) is 0 Å². The Kier molecular flexibility index (Phi) is 5.19. The second kappa shape index (κ2) is 7.38. The van der Waals surface area contributed by atoms with Gasteiger partial charge < -0.3 is 11.1 Å². The Morgan fingerprint density at radius 3 is 2.46 bits per heavy atom. The molecule has 0 spiro atoms. The predicted octanol–water partition coefficient (Wildman–Crippen LogP) is 4.68. The summed E-state index contributed by atoms with van der Waals surface area (Å²) in [6.45, 7) is 0. The van der Waals surface area contributed by atoms with Crippen molar-refractivity contribution in [1.82, 2.24) is 9.97 Å². The molecule has 136 valence electrons. The van der Waals surface area contributed by atoms with Gasteiger partial charge in [-0.2, -0.15) is 13.2 Å². The second-order valence-corrected chi connectivity index (χ2v) is 6.43. The third kappa shape index (κ3) is 4.55. The monoisotopic (exact) mass is 382 g/mol. The molecule has 3 N–H and O–H groups in total. The number of pyridine rings is 1. The molecule has 0 fully saturated rings. The minimum Gasteiger partial charge on any atom is -0.322 e. The van der Waals surface area contributed by atoms with Crippen LogP contribution in [0.1, 0.15) is 22.9 Å². The Bertz CT molecular complexity index is 860. The topological polar surface area (TPSA) is 63.8 Å². The molecule has 1 unspecified atom stereocenters. The van der Waals surface area contributed by atoms with Gasteiger partial charge in [0, 0.05) is 11.6 Å². The predicted molar refractivity (Wildman–Crippen MR) is 91.7 cm³/mol. The van der Waals surface area contributed by atoms with Crippen molar-refractivity contribution >= 4 is 22.3 Å². The van der Waals surface area contributed by atoms with E-state index in [1.807, 2.05) is 0 Å². The molecule has 9 heteroatoms. The van der Waals surface area contributed by atoms with E-state index in [0.717, 1.165) is 17.8 Å². The van der Waals surface area contributed by atoms with Crippen LogP contribution in [0.25, 0.3) is 0 Å². The molecule has 2 heterocycles. The SMILES string of the molecule is NC(Cc1ccc(F)cc1)c1csc(Nc2ccc(C(F)(F)F)cn2)n1. The first-order valence-corrected chi connectivity index (χ1v) is 8.45. The third-order valence-corrected chi connectivity index (χ3v) is 4.37. The Labute approximate surface area is 150 Å². The van der Waals surface area contributed by atoms with E-state index in [9.17, 15) is 17.6 Å². The normalized spacial score (nSPS) is 12.8. The number of benzene rings is 1. The fourth-order valence-electron chi connectivity index (χ4n) is 2.24. The quantitative estimate of drug-likeness (QED) is 0.629. The van der Waals surface area contributed by atoms with Gasteiger partial charge in [0.05, 0.1) is 17.3 Å². The van der Waals surface area contributed by atoms with Crippen molar-refractivity contribution in [2.45, 2.75) is 18.6 Å². The molecule has 1 aromatic carbocycles. The number of thiazole rings is 1. The Morgan fingerprint density at radius 2 is 1.85 bits per heavy atom. The zero-order valence-corrected chi connectivity index (χ0v) is 14.1. The van der Waals surface area contributed by atoms with E-state index in [2.05, 4.69) is 15.3 Å². The van der Waals surface area contributed by atoms with Gasteiger partial charge in [-0.1, -0.05) is 12.1 Å². The summed E-state index contributed by atoms with van der Waals surface area (Å²) in [7, 11) is 0. The van der Waals surface area contributed by atoms with Crippen LogP contribution < -0.4 is 11.1 Å². The van der Waals surface area contributed by atoms with Crippen molar-refractivity contribution < 1.29 is 17.6 Å². The van der Waals surface area contributed by atoms with Gasteiger partial charge in [-0.25, -0.2) is 14.4 Å². The fourth-order valence-corrected chi connectivity index (χ4v) is 3.02. The fraction of sp³-hybridized carbons (Fsp3) is 0.176. The number of aromatic nitrogens is 2. The second-order valence-electron chi connectivity index (χ2n) is 5.57. The van der Waals surface area contributed by atoms with Crippen molar-refractivity contribution in [3.05, 3.63) is 70.6 Å². The maximum absolute atomic E-state index is 12.9. The van der Waals surface area contributed by atoms with Crippen LogP contribution in [0, 0.1) is 5.82 Å². The highest BCUT2D eigenvalue weighted by Crippen LogP contribution is 2.30. The van der Waals surface area contributed by atoms with Crippen molar-refractivity contribution in [2.24, 2.45) is 5.73 Å². The summed E-state index contributed by atoms with van der Waals surface area (Å²) in [4.78, 5) is 8.08. The first-order valence-electron chi connectivity index (χ1n) is 7.57. The zero-order chi connectivity index (χ0) is 18.7.